The van der Waals surface area contributed by atoms with Crippen LogP contribution in [0.1, 0.15) is 53.9 Å². The first-order chi connectivity index (χ1) is 6.35. The van der Waals surface area contributed by atoms with Crippen LogP contribution in [0.4, 0.5) is 0 Å². The van der Waals surface area contributed by atoms with Crippen LogP contribution in [0.15, 0.2) is 0 Å². The molecule has 0 heterocycles. The van der Waals surface area contributed by atoms with E-state index < -0.39 is 0 Å². The first-order valence-corrected chi connectivity index (χ1v) is 5.88. The highest BCUT2D eigenvalue weighted by molar-refractivity contribution is 5.81. The number of ketones is 1. The fourth-order valence-corrected chi connectivity index (χ4v) is 2.39. The molecule has 0 spiro atoms. The lowest BCUT2D eigenvalue weighted by molar-refractivity contribution is -0.126. The van der Waals surface area contributed by atoms with Gasteiger partial charge in [0.1, 0.15) is 5.78 Å². The van der Waals surface area contributed by atoms with Crippen molar-refractivity contribution in [1.82, 2.24) is 0 Å². The molecule has 1 saturated carbocycles. The van der Waals surface area contributed by atoms with E-state index in [-0.39, 0.29) is 0 Å². The van der Waals surface area contributed by atoms with Crippen molar-refractivity contribution in [2.45, 2.75) is 53.9 Å². The van der Waals surface area contributed by atoms with Crippen LogP contribution in [0.5, 0.6) is 0 Å². The molecule has 1 aliphatic rings. The van der Waals surface area contributed by atoms with Crippen molar-refractivity contribution >= 4 is 5.78 Å². The maximum atomic E-state index is 11.4. The van der Waals surface area contributed by atoms with E-state index in [4.69, 9.17) is 0 Å². The van der Waals surface area contributed by atoms with Gasteiger partial charge in [0.15, 0.2) is 0 Å². The molecule has 1 aliphatic carbocycles. The first kappa shape index (κ1) is 11.7. The summed E-state index contributed by atoms with van der Waals surface area (Å²) in [5, 5.41) is 0. The lowest BCUT2D eigenvalue weighted by Crippen LogP contribution is -2.35. The highest BCUT2D eigenvalue weighted by Crippen LogP contribution is 2.43. The van der Waals surface area contributed by atoms with Gasteiger partial charge < -0.3 is 0 Å². The molecule has 2 atom stereocenters. The van der Waals surface area contributed by atoms with E-state index in [1.807, 2.05) is 0 Å². The quantitative estimate of drug-likeness (QED) is 0.658. The Morgan fingerprint density at radius 1 is 1.36 bits per heavy atom. The monoisotopic (exact) mass is 196 g/mol. The van der Waals surface area contributed by atoms with Gasteiger partial charge in [0.05, 0.1) is 0 Å². The van der Waals surface area contributed by atoms with E-state index >= 15 is 0 Å². The number of Topliss-reactive ketones (excluding diaryl/α,β-unsaturated/α-hetero) is 1. The highest BCUT2D eigenvalue weighted by atomic mass is 16.1. The Labute approximate surface area is 88.3 Å². The van der Waals surface area contributed by atoms with Gasteiger partial charge in [0.25, 0.3) is 0 Å². The Morgan fingerprint density at radius 2 is 1.93 bits per heavy atom. The van der Waals surface area contributed by atoms with Gasteiger partial charge in [-0.3, -0.25) is 4.79 Å². The van der Waals surface area contributed by atoms with E-state index in [1.165, 1.54) is 0 Å². The van der Waals surface area contributed by atoms with Crippen LogP contribution in [0.2, 0.25) is 0 Å². The van der Waals surface area contributed by atoms with Gasteiger partial charge in [-0.1, -0.05) is 34.6 Å². The third-order valence-electron chi connectivity index (χ3n) is 4.47. The van der Waals surface area contributed by atoms with Crippen molar-refractivity contribution in [3.63, 3.8) is 0 Å². The number of carbonyl (C=O) groups excluding carboxylic acids is 1. The standard InChI is InChI=1S/C13H24O/c1-9(2)13(4,5)11-6-7-12(14)10(3)8-11/h9-11H,6-8H2,1-5H3/t10-,11-/m0/s1. The predicted molar refractivity (Wildman–Crippen MR) is 60.1 cm³/mol. The van der Waals surface area contributed by atoms with Crippen molar-refractivity contribution in [2.24, 2.45) is 23.2 Å². The number of carbonyl (C=O) groups is 1. The van der Waals surface area contributed by atoms with E-state index in [0.717, 1.165) is 25.2 Å². The summed E-state index contributed by atoms with van der Waals surface area (Å²) >= 11 is 0. The summed E-state index contributed by atoms with van der Waals surface area (Å²) in [4.78, 5) is 11.4. The van der Waals surface area contributed by atoms with Crippen LogP contribution in [-0.4, -0.2) is 5.78 Å². The first-order valence-electron chi connectivity index (χ1n) is 5.88. The molecule has 0 bridgehead atoms. The molecule has 82 valence electrons. The van der Waals surface area contributed by atoms with Crippen LogP contribution in [0.25, 0.3) is 0 Å². The molecule has 0 aromatic carbocycles. The third kappa shape index (κ3) is 2.18. The van der Waals surface area contributed by atoms with Crippen molar-refractivity contribution < 1.29 is 4.79 Å². The molecular weight excluding hydrogens is 172 g/mol. The maximum absolute atomic E-state index is 11.4. The third-order valence-corrected chi connectivity index (χ3v) is 4.47. The predicted octanol–water partition coefficient (Wildman–Crippen LogP) is 3.67. The molecule has 1 rings (SSSR count). The second-order valence-corrected chi connectivity index (χ2v) is 5.81. The second kappa shape index (κ2) is 4.04. The number of rotatable bonds is 2. The number of hydrogen-bond donors (Lipinski definition) is 0. The fourth-order valence-electron chi connectivity index (χ4n) is 2.39. The Balaban J connectivity index is 2.67. The highest BCUT2D eigenvalue weighted by Gasteiger charge is 2.37. The van der Waals surface area contributed by atoms with Gasteiger partial charge >= 0.3 is 0 Å². The van der Waals surface area contributed by atoms with Crippen LogP contribution in [0.3, 0.4) is 0 Å². The van der Waals surface area contributed by atoms with Crippen LogP contribution in [0, 0.1) is 23.2 Å². The Kier molecular flexibility index (Phi) is 3.39. The molecule has 0 unspecified atom stereocenters. The Bertz CT molecular complexity index is 215. The summed E-state index contributed by atoms with van der Waals surface area (Å²) in [7, 11) is 0. The molecule has 0 saturated heterocycles. The van der Waals surface area contributed by atoms with E-state index in [0.29, 0.717) is 23.0 Å². The second-order valence-electron chi connectivity index (χ2n) is 5.81. The topological polar surface area (TPSA) is 17.1 Å². The van der Waals surface area contributed by atoms with Crippen LogP contribution >= 0.6 is 0 Å². The van der Waals surface area contributed by atoms with E-state index in [2.05, 4.69) is 34.6 Å². The maximum Gasteiger partial charge on any atom is 0.135 e. The van der Waals surface area contributed by atoms with Crippen molar-refractivity contribution in [3.05, 3.63) is 0 Å². The van der Waals surface area contributed by atoms with Crippen molar-refractivity contribution in [1.29, 1.82) is 0 Å². The summed E-state index contributed by atoms with van der Waals surface area (Å²) in [5.74, 6) is 2.20. The molecule has 14 heavy (non-hydrogen) atoms. The Hall–Kier alpha value is -0.330. The summed E-state index contributed by atoms with van der Waals surface area (Å²) in [6, 6.07) is 0. The fraction of sp³-hybridized carbons (Fsp3) is 0.923. The summed E-state index contributed by atoms with van der Waals surface area (Å²) in [6.07, 6.45) is 3.01. The average Bonchev–Trinajstić information content (AvgIpc) is 2.09. The minimum atomic E-state index is 0.298. The van der Waals surface area contributed by atoms with Crippen LogP contribution in [-0.2, 0) is 4.79 Å². The zero-order chi connectivity index (χ0) is 10.9. The van der Waals surface area contributed by atoms with E-state index in [1.54, 1.807) is 0 Å². The molecule has 1 heteroatoms. The lowest BCUT2D eigenvalue weighted by Gasteiger charge is -2.41. The molecule has 0 N–H and O–H groups in total. The molecule has 0 aromatic rings. The zero-order valence-electron chi connectivity index (χ0n) is 10.3. The molecule has 1 nitrogen and oxygen atoms in total. The zero-order valence-corrected chi connectivity index (χ0v) is 10.3. The lowest BCUT2D eigenvalue weighted by atomic mass is 9.63. The smallest absolute Gasteiger partial charge is 0.135 e. The van der Waals surface area contributed by atoms with Gasteiger partial charge in [0, 0.05) is 12.3 Å². The minimum Gasteiger partial charge on any atom is -0.299 e. The summed E-state index contributed by atoms with van der Waals surface area (Å²) in [6.45, 7) is 11.4. The van der Waals surface area contributed by atoms with Gasteiger partial charge in [-0.15, -0.1) is 0 Å². The average molecular weight is 196 g/mol. The molecule has 1 fully saturated rings. The van der Waals surface area contributed by atoms with Crippen molar-refractivity contribution in [3.8, 4) is 0 Å². The van der Waals surface area contributed by atoms with Crippen molar-refractivity contribution in [2.75, 3.05) is 0 Å². The normalized spacial score (nSPS) is 29.7. The molecule has 0 aromatic heterocycles. The summed E-state index contributed by atoms with van der Waals surface area (Å²) in [5.41, 5.74) is 0.384. The SMILES string of the molecule is CC(C)C(C)(C)[C@H]1CCC(=O)[C@@H](C)C1. The van der Waals surface area contributed by atoms with E-state index in [9.17, 15) is 4.79 Å². The van der Waals surface area contributed by atoms with Gasteiger partial charge in [-0.25, -0.2) is 0 Å². The molecule has 0 aliphatic heterocycles. The molecule has 0 amide bonds. The largest absolute Gasteiger partial charge is 0.299 e. The Morgan fingerprint density at radius 3 is 2.36 bits per heavy atom. The summed E-state index contributed by atoms with van der Waals surface area (Å²) < 4.78 is 0. The van der Waals surface area contributed by atoms with Gasteiger partial charge in [-0.05, 0) is 30.1 Å². The van der Waals surface area contributed by atoms with Gasteiger partial charge in [0.2, 0.25) is 0 Å². The molecule has 0 radical (unpaired) electrons. The van der Waals surface area contributed by atoms with Gasteiger partial charge in [-0.2, -0.15) is 0 Å². The number of hydrogen-bond acceptors (Lipinski definition) is 1. The molecular formula is C13H24O. The van der Waals surface area contributed by atoms with Crippen LogP contribution < -0.4 is 0 Å². The minimum absolute atomic E-state index is 0.298.